The van der Waals surface area contributed by atoms with Crippen LogP contribution in [0.1, 0.15) is 5.56 Å². The van der Waals surface area contributed by atoms with Crippen LogP contribution in [0, 0.1) is 0 Å². The summed E-state index contributed by atoms with van der Waals surface area (Å²) in [5.74, 6) is 0.0908. The smallest absolute Gasteiger partial charge is 0.236 e. The number of nitrogens with zero attached hydrogens (tertiary/aromatic N) is 1. The normalized spacial score (nSPS) is 10.6. The van der Waals surface area contributed by atoms with E-state index in [1.54, 1.807) is 19.0 Å². The molecule has 1 N–H and O–H groups in total. The van der Waals surface area contributed by atoms with Gasteiger partial charge in [0.2, 0.25) is 5.91 Å². The minimum Gasteiger partial charge on any atom is -0.348 e. The average Bonchev–Trinajstić information content (AvgIpc) is 2.29. The predicted octanol–water partition coefficient (Wildman–Crippen LogP) is 1.38. The van der Waals surface area contributed by atoms with Crippen molar-refractivity contribution in [2.45, 2.75) is 0 Å². The Labute approximate surface area is 96.8 Å². The number of likely N-dealkylation sites (N-methyl/N-ethyl adjacent to an activating group) is 1. The van der Waals surface area contributed by atoms with Crippen LogP contribution in [0.2, 0.25) is 0 Å². The maximum Gasteiger partial charge on any atom is 0.236 e. The van der Waals surface area contributed by atoms with Crippen molar-refractivity contribution >= 4 is 12.0 Å². The highest BCUT2D eigenvalue weighted by Gasteiger charge is 2.00. The summed E-state index contributed by atoms with van der Waals surface area (Å²) in [5.41, 5.74) is 1.17. The van der Waals surface area contributed by atoms with E-state index in [0.717, 1.165) is 0 Å². The molecule has 86 valence electrons. The van der Waals surface area contributed by atoms with Gasteiger partial charge in [-0.2, -0.15) is 0 Å². The fourth-order valence-electron chi connectivity index (χ4n) is 1.18. The Morgan fingerprint density at radius 3 is 2.62 bits per heavy atom. The van der Waals surface area contributed by atoms with Gasteiger partial charge in [0.25, 0.3) is 0 Å². The van der Waals surface area contributed by atoms with Crippen LogP contribution in [0.4, 0.5) is 0 Å². The molecule has 0 aliphatic carbocycles. The first-order valence-corrected chi connectivity index (χ1v) is 5.32. The maximum absolute atomic E-state index is 11.2. The van der Waals surface area contributed by atoms with E-state index < -0.39 is 0 Å². The Kier molecular flexibility index (Phi) is 5.29. The fourth-order valence-corrected chi connectivity index (χ4v) is 1.18. The van der Waals surface area contributed by atoms with Crippen LogP contribution < -0.4 is 5.32 Å². The molecule has 0 aromatic heterocycles. The molecule has 0 aliphatic rings. The maximum atomic E-state index is 11.2. The van der Waals surface area contributed by atoms with Gasteiger partial charge in [0.05, 0.1) is 6.54 Å². The second kappa shape index (κ2) is 6.80. The summed E-state index contributed by atoms with van der Waals surface area (Å²) in [5, 5.41) is 3.06. The molecule has 0 atom stereocenters. The number of hydrogen-bond donors (Lipinski definition) is 1. The summed E-state index contributed by atoms with van der Waals surface area (Å²) < 4.78 is 0. The first kappa shape index (κ1) is 12.5. The molecular weight excluding hydrogens is 200 g/mol. The third-order valence-electron chi connectivity index (χ3n) is 2.15. The molecule has 0 saturated carbocycles. The van der Waals surface area contributed by atoms with Gasteiger partial charge in [-0.25, -0.2) is 0 Å². The Balaban J connectivity index is 2.21. The quantitative estimate of drug-likeness (QED) is 0.757. The molecule has 0 spiro atoms. The van der Waals surface area contributed by atoms with Crippen molar-refractivity contribution in [3.8, 4) is 0 Å². The lowest BCUT2D eigenvalue weighted by atomic mass is 10.2. The monoisotopic (exact) mass is 218 g/mol. The highest BCUT2D eigenvalue weighted by atomic mass is 16.2. The summed E-state index contributed by atoms with van der Waals surface area (Å²) in [7, 11) is 3.51. The van der Waals surface area contributed by atoms with Gasteiger partial charge in [-0.3, -0.25) is 4.79 Å². The largest absolute Gasteiger partial charge is 0.348 e. The highest BCUT2D eigenvalue weighted by Crippen LogP contribution is 1.99. The zero-order chi connectivity index (χ0) is 11.8. The SMILES string of the molecule is CN(C)C(=O)CNCC=Cc1ccccc1. The fraction of sp³-hybridized carbons (Fsp3) is 0.308. The van der Waals surface area contributed by atoms with Crippen LogP contribution in [-0.4, -0.2) is 38.0 Å². The number of hydrogen-bond acceptors (Lipinski definition) is 2. The third kappa shape index (κ3) is 4.75. The summed E-state index contributed by atoms with van der Waals surface area (Å²) in [6, 6.07) is 10.1. The van der Waals surface area contributed by atoms with Gasteiger partial charge in [-0.15, -0.1) is 0 Å². The lowest BCUT2D eigenvalue weighted by molar-refractivity contribution is -0.127. The molecule has 1 aromatic carbocycles. The summed E-state index contributed by atoms with van der Waals surface area (Å²) in [4.78, 5) is 12.8. The van der Waals surface area contributed by atoms with Crippen molar-refractivity contribution in [1.82, 2.24) is 10.2 Å². The average molecular weight is 218 g/mol. The Morgan fingerprint density at radius 2 is 2.00 bits per heavy atom. The zero-order valence-electron chi connectivity index (χ0n) is 9.81. The molecule has 0 heterocycles. The number of amides is 1. The molecule has 0 bridgehead atoms. The van der Waals surface area contributed by atoms with Crippen molar-refractivity contribution in [1.29, 1.82) is 0 Å². The Hall–Kier alpha value is -1.61. The van der Waals surface area contributed by atoms with E-state index in [1.807, 2.05) is 42.5 Å². The highest BCUT2D eigenvalue weighted by molar-refractivity contribution is 5.77. The van der Waals surface area contributed by atoms with Crippen LogP contribution in [0.25, 0.3) is 6.08 Å². The zero-order valence-corrected chi connectivity index (χ0v) is 9.81. The lowest BCUT2D eigenvalue weighted by Crippen LogP contribution is -2.32. The molecule has 3 nitrogen and oxygen atoms in total. The summed E-state index contributed by atoms with van der Waals surface area (Å²) in [6.45, 7) is 1.08. The van der Waals surface area contributed by atoms with Gasteiger partial charge in [0.15, 0.2) is 0 Å². The summed E-state index contributed by atoms with van der Waals surface area (Å²) >= 11 is 0. The van der Waals surface area contributed by atoms with Gasteiger partial charge < -0.3 is 10.2 Å². The lowest BCUT2D eigenvalue weighted by Gasteiger charge is -2.09. The van der Waals surface area contributed by atoms with E-state index in [-0.39, 0.29) is 5.91 Å². The van der Waals surface area contributed by atoms with Gasteiger partial charge in [0.1, 0.15) is 0 Å². The molecule has 0 unspecified atom stereocenters. The van der Waals surface area contributed by atoms with Crippen molar-refractivity contribution in [2.75, 3.05) is 27.2 Å². The van der Waals surface area contributed by atoms with E-state index in [9.17, 15) is 4.79 Å². The van der Waals surface area contributed by atoms with Crippen molar-refractivity contribution in [3.05, 3.63) is 42.0 Å². The molecular formula is C13H18N2O. The van der Waals surface area contributed by atoms with Crippen LogP contribution >= 0.6 is 0 Å². The standard InChI is InChI=1S/C13H18N2O/c1-15(2)13(16)11-14-10-6-9-12-7-4-3-5-8-12/h3-9,14H,10-11H2,1-2H3. The molecule has 1 aromatic rings. The molecule has 1 rings (SSSR count). The topological polar surface area (TPSA) is 32.3 Å². The van der Waals surface area contributed by atoms with Gasteiger partial charge in [-0.1, -0.05) is 42.5 Å². The van der Waals surface area contributed by atoms with Crippen LogP contribution in [0.15, 0.2) is 36.4 Å². The van der Waals surface area contributed by atoms with E-state index in [2.05, 4.69) is 5.32 Å². The van der Waals surface area contributed by atoms with Gasteiger partial charge >= 0.3 is 0 Å². The molecule has 0 saturated heterocycles. The molecule has 0 fully saturated rings. The molecule has 0 aliphatic heterocycles. The van der Waals surface area contributed by atoms with Crippen molar-refractivity contribution in [2.24, 2.45) is 0 Å². The number of nitrogens with one attached hydrogen (secondary N) is 1. The van der Waals surface area contributed by atoms with Gasteiger partial charge in [0, 0.05) is 20.6 Å². The number of rotatable bonds is 5. The molecule has 16 heavy (non-hydrogen) atoms. The Bertz CT molecular complexity index is 344. The predicted molar refractivity (Wildman–Crippen MR) is 67.0 cm³/mol. The molecule has 1 amide bonds. The number of carbonyl (C=O) groups is 1. The second-order valence-electron chi connectivity index (χ2n) is 3.73. The van der Waals surface area contributed by atoms with Crippen molar-refractivity contribution < 1.29 is 4.79 Å². The molecule has 3 heteroatoms. The molecule has 0 radical (unpaired) electrons. The summed E-state index contributed by atoms with van der Waals surface area (Å²) in [6.07, 6.45) is 4.05. The Morgan fingerprint density at radius 1 is 1.31 bits per heavy atom. The number of carbonyl (C=O) groups excluding carboxylic acids is 1. The minimum atomic E-state index is 0.0908. The van der Waals surface area contributed by atoms with Crippen molar-refractivity contribution in [3.63, 3.8) is 0 Å². The first-order chi connectivity index (χ1) is 7.70. The first-order valence-electron chi connectivity index (χ1n) is 5.32. The van der Waals surface area contributed by atoms with E-state index >= 15 is 0 Å². The van der Waals surface area contributed by atoms with Crippen LogP contribution in [0.3, 0.4) is 0 Å². The second-order valence-corrected chi connectivity index (χ2v) is 3.73. The van der Waals surface area contributed by atoms with Crippen LogP contribution in [0.5, 0.6) is 0 Å². The third-order valence-corrected chi connectivity index (χ3v) is 2.15. The van der Waals surface area contributed by atoms with E-state index in [0.29, 0.717) is 13.1 Å². The number of benzene rings is 1. The van der Waals surface area contributed by atoms with Gasteiger partial charge in [-0.05, 0) is 5.56 Å². The minimum absolute atomic E-state index is 0.0908. The van der Waals surface area contributed by atoms with Crippen LogP contribution in [-0.2, 0) is 4.79 Å². The van der Waals surface area contributed by atoms with E-state index in [4.69, 9.17) is 0 Å². The van der Waals surface area contributed by atoms with E-state index in [1.165, 1.54) is 5.56 Å².